The van der Waals surface area contributed by atoms with E-state index in [1.165, 1.54) is 22.3 Å². The van der Waals surface area contributed by atoms with Gasteiger partial charge in [-0.2, -0.15) is 0 Å². The second kappa shape index (κ2) is 8.03. The van der Waals surface area contributed by atoms with Crippen molar-refractivity contribution in [3.8, 4) is 0 Å². The lowest BCUT2D eigenvalue weighted by Crippen LogP contribution is -2.41. The van der Waals surface area contributed by atoms with Crippen LogP contribution in [-0.2, 0) is 19.4 Å². The van der Waals surface area contributed by atoms with Crippen LogP contribution in [-0.4, -0.2) is 16.8 Å². The highest BCUT2D eigenvalue weighted by Crippen LogP contribution is 2.31. The van der Waals surface area contributed by atoms with E-state index in [0.717, 1.165) is 34.7 Å². The first-order chi connectivity index (χ1) is 15.1. The van der Waals surface area contributed by atoms with Crippen molar-refractivity contribution in [3.63, 3.8) is 0 Å². The summed E-state index contributed by atoms with van der Waals surface area (Å²) in [5.41, 5.74) is 7.04. The summed E-state index contributed by atoms with van der Waals surface area (Å²) in [7, 11) is 0. The van der Waals surface area contributed by atoms with Crippen LogP contribution in [0.4, 0.5) is 0 Å². The quantitative estimate of drug-likeness (QED) is 0.392. The van der Waals surface area contributed by atoms with Gasteiger partial charge in [0.25, 0.3) is 5.91 Å². The molecule has 0 atom stereocenters. The summed E-state index contributed by atoms with van der Waals surface area (Å²) < 4.78 is 0. The number of nitrogens with zero attached hydrogens (tertiary/aromatic N) is 1. The van der Waals surface area contributed by atoms with E-state index in [1.807, 2.05) is 12.1 Å². The Morgan fingerprint density at radius 3 is 2.16 bits per heavy atom. The molecule has 0 unspecified atom stereocenters. The van der Waals surface area contributed by atoms with Gasteiger partial charge in [-0.25, -0.2) is 0 Å². The van der Waals surface area contributed by atoms with Crippen LogP contribution < -0.4 is 0 Å². The molecule has 1 aliphatic carbocycles. The fraction of sp³-hybridized carbons (Fsp3) is 0.207. The van der Waals surface area contributed by atoms with Gasteiger partial charge in [-0.3, -0.25) is 4.79 Å². The van der Waals surface area contributed by atoms with Gasteiger partial charge in [0.1, 0.15) is 0 Å². The molecule has 0 bridgehead atoms. The van der Waals surface area contributed by atoms with Gasteiger partial charge < -0.3 is 4.90 Å². The topological polar surface area (TPSA) is 20.3 Å². The van der Waals surface area contributed by atoms with Crippen LogP contribution in [0.15, 0.2) is 84.9 Å². The number of carbonyl (C=O) groups is 1. The molecule has 0 saturated carbocycles. The molecular weight excluding hydrogens is 378 g/mol. The Labute approximate surface area is 184 Å². The average molecular weight is 406 g/mol. The molecule has 1 amide bonds. The molecule has 154 valence electrons. The number of rotatable bonds is 4. The molecule has 0 fully saturated rings. The molecule has 5 rings (SSSR count). The zero-order chi connectivity index (χ0) is 21.4. The van der Waals surface area contributed by atoms with Crippen molar-refractivity contribution < 1.29 is 4.79 Å². The smallest absolute Gasteiger partial charge is 0.255 e. The number of carbonyl (C=O) groups excluding carboxylic acids is 1. The van der Waals surface area contributed by atoms with E-state index in [4.69, 9.17) is 0 Å². The number of amides is 1. The fourth-order valence-corrected chi connectivity index (χ4v) is 4.90. The van der Waals surface area contributed by atoms with Crippen molar-refractivity contribution in [3.05, 3.63) is 118 Å². The molecule has 2 heteroatoms. The third-order valence-corrected chi connectivity index (χ3v) is 6.68. The van der Waals surface area contributed by atoms with E-state index in [1.54, 1.807) is 0 Å². The minimum atomic E-state index is 0.135. The highest BCUT2D eigenvalue weighted by Gasteiger charge is 2.32. The Balaban J connectivity index is 1.59. The van der Waals surface area contributed by atoms with Crippen molar-refractivity contribution in [2.75, 3.05) is 0 Å². The summed E-state index contributed by atoms with van der Waals surface area (Å²) >= 11 is 0. The van der Waals surface area contributed by atoms with Gasteiger partial charge in [0.15, 0.2) is 0 Å². The molecule has 1 aliphatic rings. The molecule has 31 heavy (non-hydrogen) atoms. The molecule has 0 spiro atoms. The minimum Gasteiger partial charge on any atom is -0.331 e. The fourth-order valence-electron chi connectivity index (χ4n) is 4.90. The second-order valence-electron chi connectivity index (χ2n) is 8.67. The Morgan fingerprint density at radius 2 is 1.42 bits per heavy atom. The Kier molecular flexibility index (Phi) is 5.07. The molecule has 0 radical (unpaired) electrons. The number of aryl methyl sites for hydroxylation is 2. The number of hydrogen-bond donors (Lipinski definition) is 0. The van der Waals surface area contributed by atoms with Crippen LogP contribution >= 0.6 is 0 Å². The van der Waals surface area contributed by atoms with Crippen molar-refractivity contribution in [1.82, 2.24) is 4.90 Å². The first kappa shape index (κ1) is 19.6. The maximum Gasteiger partial charge on any atom is 0.255 e. The summed E-state index contributed by atoms with van der Waals surface area (Å²) in [5, 5.41) is 2.15. The van der Waals surface area contributed by atoms with Gasteiger partial charge in [0.05, 0.1) is 5.56 Å². The Bertz CT molecular complexity index is 1250. The third-order valence-electron chi connectivity index (χ3n) is 6.68. The largest absolute Gasteiger partial charge is 0.331 e. The van der Waals surface area contributed by atoms with Crippen LogP contribution in [0, 0.1) is 13.8 Å². The molecular formula is C29H27NO. The van der Waals surface area contributed by atoms with Crippen LogP contribution in [0.5, 0.6) is 0 Å². The highest BCUT2D eigenvalue weighted by atomic mass is 16.2. The normalized spacial score (nSPS) is 13.4. The average Bonchev–Trinajstić information content (AvgIpc) is 3.22. The molecule has 0 heterocycles. The van der Waals surface area contributed by atoms with Gasteiger partial charge in [-0.15, -0.1) is 0 Å². The van der Waals surface area contributed by atoms with Crippen molar-refractivity contribution >= 4 is 16.7 Å². The maximum atomic E-state index is 14.2. The number of benzene rings is 4. The second-order valence-corrected chi connectivity index (χ2v) is 8.67. The SMILES string of the molecule is Cc1ccccc1CN(C(=O)c1c(C)ccc2ccccc12)C1Cc2ccccc2C1. The van der Waals surface area contributed by atoms with Crippen LogP contribution in [0.1, 0.15) is 38.2 Å². The first-order valence-electron chi connectivity index (χ1n) is 11.0. The number of hydrogen-bond acceptors (Lipinski definition) is 1. The standard InChI is InChI=1S/C29H27NO/c1-20-9-3-4-13-25(20)19-30(26-17-23-11-5-6-12-24(23)18-26)29(31)28-21(2)15-16-22-10-7-8-14-27(22)28/h3-16,26H,17-19H2,1-2H3. The highest BCUT2D eigenvalue weighted by molar-refractivity contribution is 6.08. The van der Waals surface area contributed by atoms with Gasteiger partial charge in [-0.1, -0.05) is 84.9 Å². The monoisotopic (exact) mass is 405 g/mol. The van der Waals surface area contributed by atoms with Gasteiger partial charge >= 0.3 is 0 Å². The van der Waals surface area contributed by atoms with E-state index in [9.17, 15) is 4.79 Å². The van der Waals surface area contributed by atoms with Crippen molar-refractivity contribution in [2.45, 2.75) is 39.3 Å². The lowest BCUT2D eigenvalue weighted by molar-refractivity contribution is 0.0669. The lowest BCUT2D eigenvalue weighted by Gasteiger charge is -2.31. The predicted octanol–water partition coefficient (Wildman–Crippen LogP) is 6.27. The van der Waals surface area contributed by atoms with Crippen molar-refractivity contribution in [1.29, 1.82) is 0 Å². The molecule has 0 saturated heterocycles. The van der Waals surface area contributed by atoms with E-state index >= 15 is 0 Å². The lowest BCUT2D eigenvalue weighted by atomic mass is 9.97. The minimum absolute atomic E-state index is 0.135. The Hall–Kier alpha value is -3.39. The molecule has 0 aliphatic heterocycles. The molecule has 2 nitrogen and oxygen atoms in total. The zero-order valence-corrected chi connectivity index (χ0v) is 18.1. The first-order valence-corrected chi connectivity index (χ1v) is 11.0. The summed E-state index contributed by atoms with van der Waals surface area (Å²) in [6.45, 7) is 4.81. The Morgan fingerprint density at radius 1 is 0.774 bits per heavy atom. The van der Waals surface area contributed by atoms with E-state index in [-0.39, 0.29) is 11.9 Å². The molecule has 4 aromatic carbocycles. The van der Waals surface area contributed by atoms with E-state index in [2.05, 4.69) is 91.5 Å². The molecule has 0 N–H and O–H groups in total. The molecule has 4 aromatic rings. The van der Waals surface area contributed by atoms with E-state index in [0.29, 0.717) is 6.54 Å². The predicted molar refractivity (Wildman–Crippen MR) is 127 cm³/mol. The summed E-state index contributed by atoms with van der Waals surface area (Å²) in [4.78, 5) is 16.3. The van der Waals surface area contributed by atoms with Crippen LogP contribution in [0.3, 0.4) is 0 Å². The van der Waals surface area contributed by atoms with Gasteiger partial charge in [0.2, 0.25) is 0 Å². The third kappa shape index (κ3) is 3.63. The van der Waals surface area contributed by atoms with Gasteiger partial charge in [-0.05, 0) is 65.3 Å². The summed E-state index contributed by atoms with van der Waals surface area (Å²) in [5.74, 6) is 0.135. The zero-order valence-electron chi connectivity index (χ0n) is 18.1. The van der Waals surface area contributed by atoms with Crippen molar-refractivity contribution in [2.24, 2.45) is 0 Å². The van der Waals surface area contributed by atoms with Crippen LogP contribution in [0.2, 0.25) is 0 Å². The number of fused-ring (bicyclic) bond motifs is 2. The maximum absolute atomic E-state index is 14.2. The molecule has 0 aromatic heterocycles. The van der Waals surface area contributed by atoms with Gasteiger partial charge in [0, 0.05) is 12.6 Å². The van der Waals surface area contributed by atoms with Crippen LogP contribution in [0.25, 0.3) is 10.8 Å². The van der Waals surface area contributed by atoms with E-state index < -0.39 is 0 Å². The summed E-state index contributed by atoms with van der Waals surface area (Å²) in [6.07, 6.45) is 1.83. The summed E-state index contributed by atoms with van der Waals surface area (Å²) in [6, 6.07) is 29.6.